The van der Waals surface area contributed by atoms with Crippen LogP contribution in [0.1, 0.15) is 57.2 Å². The van der Waals surface area contributed by atoms with Gasteiger partial charge in [-0.1, -0.05) is 113 Å². The minimum atomic E-state index is -0.976. The Morgan fingerprint density at radius 3 is 1.03 bits per heavy atom. The summed E-state index contributed by atoms with van der Waals surface area (Å²) in [5, 5.41) is 0. The zero-order chi connectivity index (χ0) is 20.7. The first-order valence-corrected chi connectivity index (χ1v) is 11.6. The molecule has 0 fully saturated rings. The Labute approximate surface area is 178 Å². The van der Waals surface area contributed by atoms with Crippen molar-refractivity contribution in [2.24, 2.45) is 0 Å². The largest absolute Gasteiger partial charge is 0.200 e. The summed E-state index contributed by atoms with van der Waals surface area (Å²) in [5.41, 5.74) is 8.67. The molecule has 0 amide bonds. The summed E-state index contributed by atoms with van der Waals surface area (Å²) in [6, 6.07) is 28.4. The molecule has 0 aliphatic carbocycles. The van der Waals surface area contributed by atoms with Crippen molar-refractivity contribution < 1.29 is 0 Å². The van der Waals surface area contributed by atoms with Crippen LogP contribution >= 0.6 is 0 Å². The molecule has 0 aliphatic rings. The van der Waals surface area contributed by atoms with Crippen LogP contribution in [0.15, 0.2) is 72.8 Å². The number of hydrogen-bond donors (Lipinski definition) is 0. The van der Waals surface area contributed by atoms with Crippen molar-refractivity contribution in [1.29, 1.82) is 0 Å². The van der Waals surface area contributed by atoms with Gasteiger partial charge in [-0.15, -0.1) is 0 Å². The summed E-state index contributed by atoms with van der Waals surface area (Å²) < 4.78 is 0. The van der Waals surface area contributed by atoms with Gasteiger partial charge in [-0.3, -0.25) is 0 Å². The van der Waals surface area contributed by atoms with Crippen LogP contribution in [0.2, 0.25) is 6.32 Å². The van der Waals surface area contributed by atoms with E-state index in [0.29, 0.717) is 0 Å². The van der Waals surface area contributed by atoms with Gasteiger partial charge in [0.2, 0.25) is 0 Å². The Hall–Kier alpha value is -2.28. The van der Waals surface area contributed by atoms with E-state index in [4.69, 9.17) is 0 Å². The van der Waals surface area contributed by atoms with Crippen LogP contribution in [0.25, 0.3) is 0 Å². The molecular weight excluding hydrogens is 347 g/mol. The van der Waals surface area contributed by atoms with Crippen molar-refractivity contribution in [3.8, 4) is 0 Å². The lowest BCUT2D eigenvalue weighted by atomic mass is 9.14. The molecule has 0 heterocycles. The average molecular weight is 383 g/mol. The molecule has 152 valence electrons. The van der Waals surface area contributed by atoms with E-state index in [9.17, 15) is 0 Å². The number of rotatable bonds is 9. The molecule has 0 aromatic heterocycles. The second-order valence-corrected chi connectivity index (χ2v) is 8.47. The molecule has 0 spiro atoms. The molecule has 0 saturated heterocycles. The third-order valence-corrected chi connectivity index (χ3v) is 6.86. The molecular formula is C28H36B-. The maximum absolute atomic E-state index is 2.40. The Balaban J connectivity index is 2.23. The van der Waals surface area contributed by atoms with Gasteiger partial charge < -0.3 is 0 Å². The fourth-order valence-corrected chi connectivity index (χ4v) is 4.83. The molecule has 3 rings (SSSR count). The smallest absolute Gasteiger partial charge is 0.0814 e. The van der Waals surface area contributed by atoms with Crippen molar-refractivity contribution in [2.45, 2.75) is 66.1 Å². The highest BCUT2D eigenvalue weighted by molar-refractivity contribution is 7.11. The van der Waals surface area contributed by atoms with Crippen LogP contribution in [0.4, 0.5) is 0 Å². The topological polar surface area (TPSA) is 0 Å². The fraction of sp³-hybridized carbons (Fsp3) is 0.357. The van der Waals surface area contributed by atoms with Crippen LogP contribution in [0.3, 0.4) is 0 Å². The molecule has 3 aromatic carbocycles. The minimum absolute atomic E-state index is 0.976. The van der Waals surface area contributed by atoms with E-state index in [1.54, 1.807) is 0 Å². The van der Waals surface area contributed by atoms with E-state index in [0.717, 1.165) is 19.3 Å². The summed E-state index contributed by atoms with van der Waals surface area (Å²) in [6.45, 7) is 9.01. The second-order valence-electron chi connectivity index (χ2n) is 8.47. The molecule has 29 heavy (non-hydrogen) atoms. The Bertz CT molecular complexity index is 757. The number of hydrogen-bond acceptors (Lipinski definition) is 0. The van der Waals surface area contributed by atoms with Gasteiger partial charge in [0.15, 0.2) is 0 Å². The van der Waals surface area contributed by atoms with Crippen LogP contribution in [0, 0.1) is 0 Å². The van der Waals surface area contributed by atoms with Crippen molar-refractivity contribution in [2.75, 3.05) is 0 Å². The standard InChI is InChI=1S/C28H36B/c1-5-9-22-29(26-16-10-23(6-2)11-17-26,27-18-12-24(7-3)13-19-27)28-20-14-25(8-4)15-21-28/h10-21H,5-9,22H2,1-4H3/q-1. The van der Waals surface area contributed by atoms with Gasteiger partial charge in [0, 0.05) is 0 Å². The average Bonchev–Trinajstić information content (AvgIpc) is 2.80. The lowest BCUT2D eigenvalue weighted by Gasteiger charge is -2.43. The third kappa shape index (κ3) is 4.50. The molecule has 0 atom stereocenters. The van der Waals surface area contributed by atoms with Gasteiger partial charge in [0.1, 0.15) is 0 Å². The monoisotopic (exact) mass is 383 g/mol. The molecule has 1 heteroatoms. The van der Waals surface area contributed by atoms with Crippen molar-refractivity contribution in [1.82, 2.24) is 0 Å². The summed E-state index contributed by atoms with van der Waals surface area (Å²) in [7, 11) is 0. The summed E-state index contributed by atoms with van der Waals surface area (Å²) in [5.74, 6) is 0. The SMILES string of the molecule is CCCC[B-](c1ccc(CC)cc1)(c1ccc(CC)cc1)c1ccc(CC)cc1. The minimum Gasteiger partial charge on any atom is -0.200 e. The molecule has 0 N–H and O–H groups in total. The quantitative estimate of drug-likeness (QED) is 0.419. The van der Waals surface area contributed by atoms with E-state index in [1.165, 1.54) is 52.2 Å². The Kier molecular flexibility index (Phi) is 7.37. The van der Waals surface area contributed by atoms with Gasteiger partial charge in [-0.05, 0) is 36.0 Å². The zero-order valence-corrected chi connectivity index (χ0v) is 18.7. The maximum atomic E-state index is 2.40. The van der Waals surface area contributed by atoms with Crippen LogP contribution in [-0.2, 0) is 19.3 Å². The molecule has 0 saturated carbocycles. The predicted octanol–water partition coefficient (Wildman–Crippen LogP) is 5.64. The van der Waals surface area contributed by atoms with Crippen molar-refractivity contribution >= 4 is 22.5 Å². The van der Waals surface area contributed by atoms with Gasteiger partial charge >= 0.3 is 0 Å². The molecule has 0 bridgehead atoms. The zero-order valence-electron chi connectivity index (χ0n) is 18.7. The van der Waals surface area contributed by atoms with Gasteiger partial charge in [-0.25, -0.2) is 0 Å². The summed E-state index contributed by atoms with van der Waals surface area (Å²) in [4.78, 5) is 0. The van der Waals surface area contributed by atoms with E-state index in [2.05, 4.69) is 100 Å². The molecule has 0 nitrogen and oxygen atoms in total. The van der Waals surface area contributed by atoms with Gasteiger partial charge in [-0.2, -0.15) is 22.7 Å². The van der Waals surface area contributed by atoms with Crippen LogP contribution in [-0.4, -0.2) is 6.15 Å². The van der Waals surface area contributed by atoms with Crippen molar-refractivity contribution in [3.63, 3.8) is 0 Å². The highest BCUT2D eigenvalue weighted by atomic mass is 14.1. The molecule has 0 aliphatic heterocycles. The van der Waals surface area contributed by atoms with Gasteiger partial charge in [0.25, 0.3) is 0 Å². The first-order chi connectivity index (χ1) is 14.2. The predicted molar refractivity (Wildman–Crippen MR) is 132 cm³/mol. The van der Waals surface area contributed by atoms with Gasteiger partial charge in [0.05, 0.1) is 6.15 Å². The lowest BCUT2D eigenvalue weighted by Crippen LogP contribution is -2.67. The van der Waals surface area contributed by atoms with Crippen LogP contribution in [0.5, 0.6) is 0 Å². The molecule has 0 unspecified atom stereocenters. The van der Waals surface area contributed by atoms with Crippen LogP contribution < -0.4 is 16.4 Å². The number of unbranched alkanes of at least 4 members (excludes halogenated alkanes) is 1. The lowest BCUT2D eigenvalue weighted by molar-refractivity contribution is 0.874. The fourth-order valence-electron chi connectivity index (χ4n) is 4.83. The van der Waals surface area contributed by atoms with E-state index in [1.807, 2.05) is 0 Å². The number of aryl methyl sites for hydroxylation is 3. The summed E-state index contributed by atoms with van der Waals surface area (Å²) in [6.07, 6.45) is 5.94. The highest BCUT2D eigenvalue weighted by Gasteiger charge is 2.29. The Morgan fingerprint density at radius 1 is 0.483 bits per heavy atom. The number of benzene rings is 3. The molecule has 0 radical (unpaired) electrons. The van der Waals surface area contributed by atoms with E-state index in [-0.39, 0.29) is 0 Å². The van der Waals surface area contributed by atoms with Crippen molar-refractivity contribution in [3.05, 3.63) is 89.5 Å². The van der Waals surface area contributed by atoms with E-state index < -0.39 is 6.15 Å². The first kappa shape index (κ1) is 21.4. The van der Waals surface area contributed by atoms with E-state index >= 15 is 0 Å². The second kappa shape index (κ2) is 9.97. The Morgan fingerprint density at radius 2 is 0.793 bits per heavy atom. The summed E-state index contributed by atoms with van der Waals surface area (Å²) >= 11 is 0. The maximum Gasteiger partial charge on any atom is 0.0814 e. The normalized spacial score (nSPS) is 11.6. The third-order valence-electron chi connectivity index (χ3n) is 6.86. The molecule has 3 aromatic rings. The first-order valence-electron chi connectivity index (χ1n) is 11.6. The highest BCUT2D eigenvalue weighted by Crippen LogP contribution is 2.18.